The molecule has 5 heteroatoms. The zero-order valence-electron chi connectivity index (χ0n) is 9.96. The van der Waals surface area contributed by atoms with E-state index in [-0.39, 0.29) is 6.10 Å². The highest BCUT2D eigenvalue weighted by atomic mass is 79.9. The summed E-state index contributed by atoms with van der Waals surface area (Å²) >= 11 is 3.45. The zero-order chi connectivity index (χ0) is 12.0. The van der Waals surface area contributed by atoms with Crippen LogP contribution in [0.1, 0.15) is 33.6 Å². The lowest BCUT2D eigenvalue weighted by Gasteiger charge is -2.15. The zero-order valence-corrected chi connectivity index (χ0v) is 11.5. The molecule has 1 heterocycles. The van der Waals surface area contributed by atoms with Gasteiger partial charge in [-0.2, -0.15) is 0 Å². The minimum atomic E-state index is 0.172. The summed E-state index contributed by atoms with van der Waals surface area (Å²) in [6, 6.07) is 0. The summed E-state index contributed by atoms with van der Waals surface area (Å²) in [4.78, 5) is 8.26. The highest BCUT2D eigenvalue weighted by Gasteiger charge is 2.11. The summed E-state index contributed by atoms with van der Waals surface area (Å²) in [5.41, 5.74) is 0. The van der Waals surface area contributed by atoms with Crippen LogP contribution in [0.2, 0.25) is 0 Å². The lowest BCUT2D eigenvalue weighted by atomic mass is 10.2. The fraction of sp³-hybridized carbons (Fsp3) is 0.636. The third kappa shape index (κ3) is 3.63. The van der Waals surface area contributed by atoms with Crippen LogP contribution in [0.15, 0.2) is 10.8 Å². The molecule has 0 aromatic carbocycles. The van der Waals surface area contributed by atoms with Crippen LogP contribution >= 0.6 is 15.9 Å². The van der Waals surface area contributed by atoms with Crippen molar-refractivity contribution < 1.29 is 4.74 Å². The van der Waals surface area contributed by atoms with Crippen molar-refractivity contribution in [3.8, 4) is 5.88 Å². The van der Waals surface area contributed by atoms with Gasteiger partial charge in [-0.05, 0) is 36.2 Å². The first-order valence-corrected chi connectivity index (χ1v) is 6.39. The van der Waals surface area contributed by atoms with E-state index in [2.05, 4.69) is 38.1 Å². The van der Waals surface area contributed by atoms with E-state index in [0.29, 0.717) is 5.88 Å². The van der Waals surface area contributed by atoms with Gasteiger partial charge >= 0.3 is 0 Å². The highest BCUT2D eigenvalue weighted by Crippen LogP contribution is 2.29. The molecule has 0 saturated carbocycles. The van der Waals surface area contributed by atoms with Gasteiger partial charge in [0.25, 0.3) is 0 Å². The monoisotopic (exact) mass is 287 g/mol. The average molecular weight is 288 g/mol. The summed E-state index contributed by atoms with van der Waals surface area (Å²) in [5, 5.41) is 3.14. The Morgan fingerprint density at radius 1 is 1.44 bits per heavy atom. The maximum atomic E-state index is 5.73. The van der Waals surface area contributed by atoms with Crippen LogP contribution < -0.4 is 10.1 Å². The predicted molar refractivity (Wildman–Crippen MR) is 68.9 cm³/mol. The Morgan fingerprint density at radius 3 is 2.81 bits per heavy atom. The van der Waals surface area contributed by atoms with Crippen LogP contribution in [0, 0.1) is 0 Å². The van der Waals surface area contributed by atoms with E-state index in [4.69, 9.17) is 4.74 Å². The van der Waals surface area contributed by atoms with Crippen LogP contribution in [-0.4, -0.2) is 22.6 Å². The second-order valence-corrected chi connectivity index (χ2v) is 4.38. The second kappa shape index (κ2) is 6.68. The Hall–Kier alpha value is -0.840. The molecule has 1 unspecified atom stereocenters. The minimum absolute atomic E-state index is 0.172. The van der Waals surface area contributed by atoms with Gasteiger partial charge in [-0.15, -0.1) is 0 Å². The summed E-state index contributed by atoms with van der Waals surface area (Å²) in [7, 11) is 0. The van der Waals surface area contributed by atoms with Crippen molar-refractivity contribution in [3.05, 3.63) is 10.8 Å². The smallest absolute Gasteiger partial charge is 0.233 e. The maximum Gasteiger partial charge on any atom is 0.233 e. The van der Waals surface area contributed by atoms with Gasteiger partial charge in [0.2, 0.25) is 5.88 Å². The molecular formula is C11H18BrN3O. The molecule has 1 aromatic heterocycles. The Kier molecular flexibility index (Phi) is 5.52. The summed E-state index contributed by atoms with van der Waals surface area (Å²) in [6.45, 7) is 7.03. The number of anilines is 1. The molecule has 1 N–H and O–H groups in total. The fourth-order valence-electron chi connectivity index (χ4n) is 1.38. The lowest BCUT2D eigenvalue weighted by Crippen LogP contribution is -2.13. The number of nitrogens with one attached hydrogen (secondary N) is 1. The fourth-order valence-corrected chi connectivity index (χ4v) is 1.82. The third-order valence-corrected chi connectivity index (χ3v) is 2.82. The van der Waals surface area contributed by atoms with Crippen LogP contribution in [0.4, 0.5) is 5.82 Å². The molecule has 0 aliphatic rings. The number of aromatic nitrogens is 2. The third-order valence-electron chi connectivity index (χ3n) is 2.11. The molecule has 90 valence electrons. The molecule has 4 nitrogen and oxygen atoms in total. The molecule has 1 rings (SSSR count). The molecule has 0 saturated heterocycles. The average Bonchev–Trinajstić information content (AvgIpc) is 2.24. The largest absolute Gasteiger partial charge is 0.474 e. The van der Waals surface area contributed by atoms with Crippen molar-refractivity contribution >= 4 is 21.7 Å². The molecule has 0 amide bonds. The summed E-state index contributed by atoms with van der Waals surface area (Å²) in [6.07, 6.45) is 3.80. The number of nitrogens with zero attached hydrogens (tertiary/aromatic N) is 2. The van der Waals surface area contributed by atoms with E-state index < -0.39 is 0 Å². The summed E-state index contributed by atoms with van der Waals surface area (Å²) in [5.74, 6) is 1.38. The number of ether oxygens (including phenoxy) is 1. The van der Waals surface area contributed by atoms with Gasteiger partial charge in [0.15, 0.2) is 0 Å². The number of hydrogen-bond acceptors (Lipinski definition) is 4. The van der Waals surface area contributed by atoms with Crippen molar-refractivity contribution in [2.45, 2.75) is 39.7 Å². The van der Waals surface area contributed by atoms with Gasteiger partial charge < -0.3 is 10.1 Å². The first-order chi connectivity index (χ1) is 7.69. The van der Waals surface area contributed by atoms with Gasteiger partial charge in [0, 0.05) is 6.54 Å². The topological polar surface area (TPSA) is 47.0 Å². The van der Waals surface area contributed by atoms with Crippen molar-refractivity contribution in [3.63, 3.8) is 0 Å². The molecule has 0 spiro atoms. The first kappa shape index (κ1) is 13.2. The van der Waals surface area contributed by atoms with Gasteiger partial charge in [-0.3, -0.25) is 0 Å². The molecule has 1 aromatic rings. The molecule has 0 fully saturated rings. The normalized spacial score (nSPS) is 12.2. The lowest BCUT2D eigenvalue weighted by molar-refractivity contribution is 0.200. The van der Waals surface area contributed by atoms with E-state index in [1.807, 2.05) is 13.8 Å². The van der Waals surface area contributed by atoms with Gasteiger partial charge in [-0.25, -0.2) is 9.97 Å². The molecule has 16 heavy (non-hydrogen) atoms. The Labute approximate surface area is 105 Å². The molecule has 0 bridgehead atoms. The number of hydrogen-bond donors (Lipinski definition) is 1. The van der Waals surface area contributed by atoms with Crippen LogP contribution in [-0.2, 0) is 0 Å². The Morgan fingerprint density at radius 2 is 2.19 bits per heavy atom. The number of halogens is 1. The van der Waals surface area contributed by atoms with E-state index in [9.17, 15) is 0 Å². The minimum Gasteiger partial charge on any atom is -0.474 e. The molecule has 1 atom stereocenters. The highest BCUT2D eigenvalue weighted by molar-refractivity contribution is 9.10. The number of rotatable bonds is 6. The molecule has 0 radical (unpaired) electrons. The quantitative estimate of drug-likeness (QED) is 0.873. The molecular weight excluding hydrogens is 270 g/mol. The van der Waals surface area contributed by atoms with Gasteiger partial charge in [0.05, 0.1) is 6.10 Å². The van der Waals surface area contributed by atoms with Crippen molar-refractivity contribution in [1.82, 2.24) is 9.97 Å². The van der Waals surface area contributed by atoms with E-state index in [0.717, 1.165) is 29.7 Å². The van der Waals surface area contributed by atoms with E-state index in [1.165, 1.54) is 6.33 Å². The van der Waals surface area contributed by atoms with Crippen LogP contribution in [0.3, 0.4) is 0 Å². The maximum absolute atomic E-state index is 5.73. The Bertz CT molecular complexity index is 333. The SMILES string of the molecule is CCCC(C)Oc1ncnc(NCC)c1Br. The van der Waals surface area contributed by atoms with Crippen LogP contribution in [0.25, 0.3) is 0 Å². The van der Waals surface area contributed by atoms with E-state index >= 15 is 0 Å². The first-order valence-electron chi connectivity index (χ1n) is 5.60. The van der Waals surface area contributed by atoms with E-state index in [1.54, 1.807) is 0 Å². The van der Waals surface area contributed by atoms with Gasteiger partial charge in [-0.1, -0.05) is 13.3 Å². The summed E-state index contributed by atoms with van der Waals surface area (Å²) < 4.78 is 6.53. The molecule has 0 aliphatic heterocycles. The predicted octanol–water partition coefficient (Wildman–Crippen LogP) is 3.24. The van der Waals surface area contributed by atoms with Crippen molar-refractivity contribution in [2.24, 2.45) is 0 Å². The van der Waals surface area contributed by atoms with Crippen molar-refractivity contribution in [2.75, 3.05) is 11.9 Å². The van der Waals surface area contributed by atoms with Crippen LogP contribution in [0.5, 0.6) is 5.88 Å². The Balaban J connectivity index is 2.76. The van der Waals surface area contributed by atoms with Crippen molar-refractivity contribution in [1.29, 1.82) is 0 Å². The molecule has 0 aliphatic carbocycles. The standard InChI is InChI=1S/C11H18BrN3O/c1-4-6-8(3)16-11-9(12)10(13-5-2)14-7-15-11/h7-8H,4-6H2,1-3H3,(H,13,14,15). The van der Waals surface area contributed by atoms with Gasteiger partial charge in [0.1, 0.15) is 16.6 Å². The second-order valence-electron chi connectivity index (χ2n) is 3.59.